The van der Waals surface area contributed by atoms with Gasteiger partial charge in [0.1, 0.15) is 17.8 Å². The molecule has 0 unspecified atom stereocenters. The van der Waals surface area contributed by atoms with Crippen LogP contribution in [0.4, 0.5) is 27.8 Å². The molecule has 0 bridgehead atoms. The normalized spacial score (nSPS) is 16.0. The van der Waals surface area contributed by atoms with E-state index >= 15 is 0 Å². The van der Waals surface area contributed by atoms with Gasteiger partial charge < -0.3 is 9.64 Å². The number of hydrogen-bond donors (Lipinski definition) is 0. The fraction of sp³-hybridized carbons (Fsp3) is 0.471. The summed E-state index contributed by atoms with van der Waals surface area (Å²) in [5.74, 6) is 0.800. The molecule has 1 aliphatic rings. The topological polar surface area (TPSA) is 51.1 Å². The quantitative estimate of drug-likeness (QED) is 0.721. The monoisotopic (exact) mass is 388 g/mol. The number of ether oxygens (including phenoxy) is 1. The highest BCUT2D eigenvalue weighted by Crippen LogP contribution is 2.29. The SMILES string of the molecule is FC(F)c1cc(N2CCC(COc3ccc(C(F)(F)F)cn3)CC2)ncn1. The van der Waals surface area contributed by atoms with Crippen LogP contribution in [0.5, 0.6) is 5.88 Å². The summed E-state index contributed by atoms with van der Waals surface area (Å²) in [6.07, 6.45) is -3.71. The zero-order chi connectivity index (χ0) is 19.4. The Morgan fingerprint density at radius 2 is 1.85 bits per heavy atom. The Morgan fingerprint density at radius 1 is 1.11 bits per heavy atom. The number of piperidine rings is 1. The van der Waals surface area contributed by atoms with Gasteiger partial charge in [-0.2, -0.15) is 13.2 Å². The molecule has 1 fully saturated rings. The fourth-order valence-corrected chi connectivity index (χ4v) is 2.82. The van der Waals surface area contributed by atoms with Gasteiger partial charge in [0.2, 0.25) is 5.88 Å². The molecule has 3 rings (SSSR count). The number of rotatable bonds is 5. The second-order valence-corrected chi connectivity index (χ2v) is 6.23. The molecule has 27 heavy (non-hydrogen) atoms. The minimum Gasteiger partial charge on any atom is -0.477 e. The summed E-state index contributed by atoms with van der Waals surface area (Å²) >= 11 is 0. The second kappa shape index (κ2) is 8.01. The number of nitrogens with zero attached hydrogens (tertiary/aromatic N) is 4. The molecule has 3 heterocycles. The van der Waals surface area contributed by atoms with Crippen LogP contribution < -0.4 is 9.64 Å². The molecular weight excluding hydrogens is 371 g/mol. The molecule has 5 nitrogen and oxygen atoms in total. The summed E-state index contributed by atoms with van der Waals surface area (Å²) in [6, 6.07) is 3.42. The summed E-state index contributed by atoms with van der Waals surface area (Å²) in [5, 5.41) is 0. The van der Waals surface area contributed by atoms with Gasteiger partial charge in [-0.3, -0.25) is 0 Å². The molecule has 10 heteroatoms. The molecule has 146 valence electrons. The Morgan fingerprint density at radius 3 is 2.44 bits per heavy atom. The van der Waals surface area contributed by atoms with Crippen LogP contribution in [-0.2, 0) is 6.18 Å². The molecule has 0 N–H and O–H groups in total. The lowest BCUT2D eigenvalue weighted by molar-refractivity contribution is -0.137. The molecule has 2 aromatic heterocycles. The van der Waals surface area contributed by atoms with Gasteiger partial charge >= 0.3 is 6.18 Å². The van der Waals surface area contributed by atoms with Crippen molar-refractivity contribution in [1.29, 1.82) is 0 Å². The summed E-state index contributed by atoms with van der Waals surface area (Å²) in [7, 11) is 0. The molecule has 0 amide bonds. The van der Waals surface area contributed by atoms with Crippen LogP contribution in [0.1, 0.15) is 30.5 Å². The maximum atomic E-state index is 12.7. The van der Waals surface area contributed by atoms with Crippen molar-refractivity contribution in [2.24, 2.45) is 5.92 Å². The van der Waals surface area contributed by atoms with Gasteiger partial charge in [0, 0.05) is 31.4 Å². The van der Waals surface area contributed by atoms with Gasteiger partial charge in [0.25, 0.3) is 6.43 Å². The van der Waals surface area contributed by atoms with Gasteiger partial charge in [-0.05, 0) is 24.8 Å². The van der Waals surface area contributed by atoms with Crippen LogP contribution in [0, 0.1) is 5.92 Å². The molecule has 0 saturated carbocycles. The third kappa shape index (κ3) is 5.01. The predicted molar refractivity (Wildman–Crippen MR) is 86.7 cm³/mol. The molecule has 0 spiro atoms. The zero-order valence-electron chi connectivity index (χ0n) is 14.2. The smallest absolute Gasteiger partial charge is 0.417 e. The van der Waals surface area contributed by atoms with Crippen LogP contribution in [0.25, 0.3) is 0 Å². The Bertz CT molecular complexity index is 746. The highest BCUT2D eigenvalue weighted by atomic mass is 19.4. The maximum Gasteiger partial charge on any atom is 0.417 e. The largest absolute Gasteiger partial charge is 0.477 e. The Balaban J connectivity index is 1.49. The lowest BCUT2D eigenvalue weighted by atomic mass is 9.98. The van der Waals surface area contributed by atoms with Crippen molar-refractivity contribution in [3.63, 3.8) is 0 Å². The molecule has 0 atom stereocenters. The van der Waals surface area contributed by atoms with Crippen LogP contribution in [0.2, 0.25) is 0 Å². The molecule has 0 radical (unpaired) electrons. The number of halogens is 5. The molecule has 2 aromatic rings. The first-order valence-corrected chi connectivity index (χ1v) is 8.34. The molecular formula is C17H17F5N4O. The first-order chi connectivity index (χ1) is 12.8. The van der Waals surface area contributed by atoms with E-state index in [0.29, 0.717) is 25.5 Å². The van der Waals surface area contributed by atoms with Gasteiger partial charge in [0.15, 0.2) is 0 Å². The molecule has 1 saturated heterocycles. The van der Waals surface area contributed by atoms with E-state index in [9.17, 15) is 22.0 Å². The average Bonchev–Trinajstić information content (AvgIpc) is 2.66. The average molecular weight is 388 g/mol. The number of alkyl halides is 5. The Labute approximate surface area is 152 Å². The van der Waals surface area contributed by atoms with Crippen molar-refractivity contribution >= 4 is 5.82 Å². The van der Waals surface area contributed by atoms with Crippen molar-refractivity contribution in [2.75, 3.05) is 24.6 Å². The first-order valence-electron chi connectivity index (χ1n) is 8.34. The van der Waals surface area contributed by atoms with Crippen molar-refractivity contribution in [3.05, 3.63) is 42.0 Å². The maximum absolute atomic E-state index is 12.7. The molecule has 0 aromatic carbocycles. The van der Waals surface area contributed by atoms with E-state index in [1.165, 1.54) is 12.1 Å². The minimum absolute atomic E-state index is 0.141. The lowest BCUT2D eigenvalue weighted by Crippen LogP contribution is -2.36. The number of aromatic nitrogens is 3. The van der Waals surface area contributed by atoms with Crippen LogP contribution >= 0.6 is 0 Å². The predicted octanol–water partition coefficient (Wildman–Crippen LogP) is 4.12. The second-order valence-electron chi connectivity index (χ2n) is 6.23. The van der Waals surface area contributed by atoms with Crippen LogP contribution in [0.3, 0.4) is 0 Å². The van der Waals surface area contributed by atoms with E-state index in [-0.39, 0.29) is 17.5 Å². The van der Waals surface area contributed by atoms with E-state index in [0.717, 1.165) is 31.4 Å². The third-order valence-electron chi connectivity index (χ3n) is 4.37. The highest BCUT2D eigenvalue weighted by Gasteiger charge is 2.30. The van der Waals surface area contributed by atoms with Crippen LogP contribution in [0.15, 0.2) is 30.7 Å². The van der Waals surface area contributed by atoms with Gasteiger partial charge in [-0.1, -0.05) is 0 Å². The van der Waals surface area contributed by atoms with Crippen LogP contribution in [-0.4, -0.2) is 34.6 Å². The summed E-state index contributed by atoms with van der Waals surface area (Å²) < 4.78 is 68.5. The van der Waals surface area contributed by atoms with E-state index in [4.69, 9.17) is 4.74 Å². The van der Waals surface area contributed by atoms with Gasteiger partial charge in [0.05, 0.1) is 12.2 Å². The molecule has 0 aliphatic carbocycles. The third-order valence-corrected chi connectivity index (χ3v) is 4.37. The zero-order valence-corrected chi connectivity index (χ0v) is 14.2. The first kappa shape index (κ1) is 19.2. The van der Waals surface area contributed by atoms with E-state index in [2.05, 4.69) is 15.0 Å². The molecule has 1 aliphatic heterocycles. The number of pyridine rings is 1. The van der Waals surface area contributed by atoms with Gasteiger partial charge in [-0.15, -0.1) is 0 Å². The minimum atomic E-state index is -4.43. The van der Waals surface area contributed by atoms with Crippen molar-refractivity contribution in [3.8, 4) is 5.88 Å². The summed E-state index contributed by atoms with van der Waals surface area (Å²) in [6.45, 7) is 1.57. The van der Waals surface area contributed by atoms with E-state index in [1.807, 2.05) is 4.90 Å². The lowest BCUT2D eigenvalue weighted by Gasteiger charge is -2.32. The van der Waals surface area contributed by atoms with Crippen molar-refractivity contribution < 1.29 is 26.7 Å². The Kier molecular flexibility index (Phi) is 5.71. The number of anilines is 1. The summed E-state index contributed by atoms with van der Waals surface area (Å²) in [4.78, 5) is 13.2. The van der Waals surface area contributed by atoms with Gasteiger partial charge in [-0.25, -0.2) is 23.7 Å². The highest BCUT2D eigenvalue weighted by molar-refractivity contribution is 5.39. The fourth-order valence-electron chi connectivity index (χ4n) is 2.82. The van der Waals surface area contributed by atoms with Crippen molar-refractivity contribution in [1.82, 2.24) is 15.0 Å². The van der Waals surface area contributed by atoms with E-state index < -0.39 is 18.2 Å². The summed E-state index contributed by atoms with van der Waals surface area (Å²) in [5.41, 5.74) is -1.13. The standard InChI is InChI=1S/C17H17F5N4O/c18-16(19)13-7-14(25-10-24-13)26-5-3-11(4-6-26)9-27-15-2-1-12(8-23-15)17(20,21)22/h1-2,7-8,10-11,16H,3-6,9H2. The van der Waals surface area contributed by atoms with Crippen molar-refractivity contribution in [2.45, 2.75) is 25.4 Å². The number of hydrogen-bond acceptors (Lipinski definition) is 5. The Hall–Kier alpha value is -2.52. The van der Waals surface area contributed by atoms with E-state index in [1.54, 1.807) is 0 Å².